The van der Waals surface area contributed by atoms with E-state index < -0.39 is 0 Å². The van der Waals surface area contributed by atoms with Crippen molar-refractivity contribution in [3.05, 3.63) is 57.6 Å². The van der Waals surface area contributed by atoms with Gasteiger partial charge >= 0.3 is 0 Å². The molecule has 30 heavy (non-hydrogen) atoms. The number of rotatable bonds is 5. The van der Waals surface area contributed by atoms with E-state index in [9.17, 15) is 9.59 Å². The van der Waals surface area contributed by atoms with Crippen LogP contribution in [0.4, 0.5) is 5.69 Å². The number of nitrogens with one attached hydrogen (secondary N) is 2. The molecule has 3 aromatic rings. The molecule has 1 aliphatic rings. The van der Waals surface area contributed by atoms with Crippen LogP contribution in [0.25, 0.3) is 5.65 Å². The third kappa shape index (κ3) is 4.03. The Morgan fingerprint density at radius 1 is 1.23 bits per heavy atom. The van der Waals surface area contributed by atoms with Crippen LogP contribution in [-0.4, -0.2) is 46.7 Å². The van der Waals surface area contributed by atoms with Crippen molar-refractivity contribution in [2.24, 2.45) is 0 Å². The zero-order valence-corrected chi connectivity index (χ0v) is 17.6. The molecule has 2 N–H and O–H groups in total. The van der Waals surface area contributed by atoms with Gasteiger partial charge < -0.3 is 15.0 Å². The van der Waals surface area contributed by atoms with E-state index in [-0.39, 0.29) is 23.9 Å². The molecule has 1 aliphatic heterocycles. The Balaban J connectivity index is 1.36. The monoisotopic (exact) mass is 409 g/mol. The summed E-state index contributed by atoms with van der Waals surface area (Å²) < 4.78 is 6.86. The van der Waals surface area contributed by atoms with Gasteiger partial charge in [0.15, 0.2) is 5.65 Å². The molecule has 0 bridgehead atoms. The van der Waals surface area contributed by atoms with Crippen LogP contribution in [0.2, 0.25) is 0 Å². The third-order valence-corrected chi connectivity index (χ3v) is 5.84. The summed E-state index contributed by atoms with van der Waals surface area (Å²) in [6.07, 6.45) is 2.05. The van der Waals surface area contributed by atoms with Crippen LogP contribution in [0.5, 0.6) is 5.75 Å². The Bertz CT molecular complexity index is 1110. The third-order valence-electron chi connectivity index (χ3n) is 5.84. The molecule has 0 unspecified atom stereocenters. The summed E-state index contributed by atoms with van der Waals surface area (Å²) in [5.74, 6) is 0.836. The summed E-state index contributed by atoms with van der Waals surface area (Å²) in [5, 5.41) is 5.90. The molecular weight excluding hydrogens is 382 g/mol. The van der Waals surface area contributed by atoms with Crippen molar-refractivity contribution < 1.29 is 9.53 Å². The molecule has 0 aliphatic carbocycles. The number of methoxy groups -OCH3 is 1. The van der Waals surface area contributed by atoms with Gasteiger partial charge in [0.2, 0.25) is 5.91 Å². The number of ether oxygens (including phenoxy) is 1. The van der Waals surface area contributed by atoms with Crippen molar-refractivity contribution in [1.29, 1.82) is 0 Å². The van der Waals surface area contributed by atoms with Crippen molar-refractivity contribution in [2.75, 3.05) is 25.1 Å². The molecule has 8 nitrogen and oxygen atoms in total. The highest BCUT2D eigenvalue weighted by Gasteiger charge is 2.22. The fourth-order valence-electron chi connectivity index (χ4n) is 4.13. The molecule has 0 radical (unpaired) electrons. The predicted molar refractivity (Wildman–Crippen MR) is 115 cm³/mol. The maximum Gasteiger partial charge on any atom is 0.266 e. The molecule has 1 fully saturated rings. The largest absolute Gasteiger partial charge is 0.497 e. The number of aryl methyl sites for hydroxylation is 2. The summed E-state index contributed by atoms with van der Waals surface area (Å²) in [6.45, 7) is 5.56. The number of nitrogens with zero attached hydrogens (tertiary/aromatic N) is 3. The molecule has 0 atom stereocenters. The molecule has 1 amide bonds. The molecule has 8 heteroatoms. The number of amides is 1. The number of aromatic nitrogens is 3. The van der Waals surface area contributed by atoms with Gasteiger partial charge in [0.05, 0.1) is 13.5 Å². The van der Waals surface area contributed by atoms with Gasteiger partial charge in [-0.05, 0) is 51.0 Å². The van der Waals surface area contributed by atoms with Crippen LogP contribution >= 0.6 is 0 Å². The van der Waals surface area contributed by atoms with E-state index in [2.05, 4.69) is 32.4 Å². The number of piperidine rings is 1. The zero-order valence-electron chi connectivity index (χ0n) is 17.6. The Labute approximate surface area is 174 Å². The second kappa shape index (κ2) is 8.22. The second-order valence-corrected chi connectivity index (χ2v) is 7.78. The van der Waals surface area contributed by atoms with Gasteiger partial charge in [0.25, 0.3) is 5.56 Å². The van der Waals surface area contributed by atoms with Crippen molar-refractivity contribution in [3.63, 3.8) is 0 Å². The number of carbonyl (C=O) groups excluding carboxylic acids is 1. The normalized spacial score (nSPS) is 14.8. The van der Waals surface area contributed by atoms with Crippen molar-refractivity contribution in [3.8, 4) is 5.75 Å². The molecule has 1 saturated heterocycles. The number of aromatic amines is 1. The van der Waals surface area contributed by atoms with Crippen LogP contribution in [-0.2, 0) is 11.2 Å². The number of benzene rings is 1. The Morgan fingerprint density at radius 3 is 2.60 bits per heavy atom. The highest BCUT2D eigenvalue weighted by molar-refractivity contribution is 5.79. The summed E-state index contributed by atoms with van der Waals surface area (Å²) in [4.78, 5) is 31.1. The first-order chi connectivity index (χ1) is 14.4. The number of hydrogen-bond donors (Lipinski definition) is 2. The fourth-order valence-corrected chi connectivity index (χ4v) is 4.13. The average molecular weight is 409 g/mol. The summed E-state index contributed by atoms with van der Waals surface area (Å²) in [5.41, 5.74) is 4.01. The van der Waals surface area contributed by atoms with E-state index in [1.807, 2.05) is 26.0 Å². The first-order valence-corrected chi connectivity index (χ1v) is 10.2. The molecule has 0 saturated carbocycles. The summed E-state index contributed by atoms with van der Waals surface area (Å²) in [7, 11) is 1.66. The lowest BCUT2D eigenvalue weighted by atomic mass is 10.0. The lowest BCUT2D eigenvalue weighted by molar-refractivity contribution is -0.121. The van der Waals surface area contributed by atoms with Crippen LogP contribution in [0, 0.1) is 13.8 Å². The first-order valence-electron chi connectivity index (χ1n) is 10.2. The van der Waals surface area contributed by atoms with Crippen LogP contribution in [0.1, 0.15) is 29.8 Å². The van der Waals surface area contributed by atoms with Crippen LogP contribution in [0.3, 0.4) is 0 Å². The molecular formula is C22H27N5O3. The highest BCUT2D eigenvalue weighted by Crippen LogP contribution is 2.23. The zero-order chi connectivity index (χ0) is 21.3. The van der Waals surface area contributed by atoms with Crippen molar-refractivity contribution >= 4 is 17.2 Å². The average Bonchev–Trinajstić information content (AvgIpc) is 3.12. The van der Waals surface area contributed by atoms with Gasteiger partial charge in [-0.2, -0.15) is 0 Å². The number of H-pyrrole nitrogens is 1. The Morgan fingerprint density at radius 2 is 1.93 bits per heavy atom. The first kappa shape index (κ1) is 20.0. The maximum atomic E-state index is 12.7. The summed E-state index contributed by atoms with van der Waals surface area (Å²) >= 11 is 0. The van der Waals surface area contributed by atoms with Gasteiger partial charge in [-0.25, -0.2) is 9.50 Å². The minimum absolute atomic E-state index is 0.0141. The van der Waals surface area contributed by atoms with E-state index >= 15 is 0 Å². The predicted octanol–water partition coefficient (Wildman–Crippen LogP) is 1.98. The van der Waals surface area contributed by atoms with Crippen LogP contribution < -0.4 is 20.5 Å². The minimum Gasteiger partial charge on any atom is -0.497 e. The Kier molecular flexibility index (Phi) is 5.48. The molecule has 4 rings (SSSR count). The van der Waals surface area contributed by atoms with Gasteiger partial charge in [-0.1, -0.05) is 0 Å². The molecule has 3 heterocycles. The minimum atomic E-state index is -0.199. The number of fused-ring (bicyclic) bond motifs is 1. The molecule has 2 aromatic heterocycles. The molecule has 158 valence electrons. The van der Waals surface area contributed by atoms with Crippen LogP contribution in [0.15, 0.2) is 35.1 Å². The van der Waals surface area contributed by atoms with E-state index in [0.29, 0.717) is 5.65 Å². The quantitative estimate of drug-likeness (QED) is 0.672. The van der Waals surface area contributed by atoms with E-state index in [1.54, 1.807) is 11.6 Å². The van der Waals surface area contributed by atoms with Gasteiger partial charge in [-0.15, -0.1) is 0 Å². The number of carbonyl (C=O) groups is 1. The van der Waals surface area contributed by atoms with Gasteiger partial charge in [0.1, 0.15) is 5.75 Å². The van der Waals surface area contributed by atoms with Gasteiger partial charge in [-0.3, -0.25) is 14.7 Å². The van der Waals surface area contributed by atoms with E-state index in [1.165, 1.54) is 11.8 Å². The maximum absolute atomic E-state index is 12.7. The lowest BCUT2D eigenvalue weighted by Crippen LogP contribution is -2.45. The number of hydrogen-bond acceptors (Lipinski definition) is 5. The Hall–Kier alpha value is -3.29. The topological polar surface area (TPSA) is 91.7 Å². The standard InChI is InChI=1S/C22H27N5O3/c1-14-19(15(2)27-20(23-14)13-22(29)25-27)12-21(28)24-16-8-10-26(11-9-16)17-4-6-18(30-3)7-5-17/h4-7,13,16H,8-12H2,1-3H3,(H,24,28)(H,25,29). The number of anilines is 1. The fraction of sp³-hybridized carbons (Fsp3) is 0.409. The van der Waals surface area contributed by atoms with Crippen molar-refractivity contribution in [2.45, 2.75) is 39.2 Å². The SMILES string of the molecule is COc1ccc(N2CCC(NC(=O)Cc3c(C)nc4cc(=O)[nH]n4c3C)CC2)cc1. The van der Waals surface area contributed by atoms with E-state index in [4.69, 9.17) is 4.74 Å². The smallest absolute Gasteiger partial charge is 0.266 e. The summed E-state index contributed by atoms with van der Waals surface area (Å²) in [6, 6.07) is 9.69. The van der Waals surface area contributed by atoms with Crippen molar-refractivity contribution in [1.82, 2.24) is 19.9 Å². The molecule has 1 aromatic carbocycles. The highest BCUT2D eigenvalue weighted by atomic mass is 16.5. The van der Waals surface area contributed by atoms with Gasteiger partial charge in [0, 0.05) is 47.8 Å². The second-order valence-electron chi connectivity index (χ2n) is 7.78. The lowest BCUT2D eigenvalue weighted by Gasteiger charge is -2.34. The molecule has 0 spiro atoms. The van der Waals surface area contributed by atoms with E-state index in [0.717, 1.165) is 48.6 Å².